The van der Waals surface area contributed by atoms with Crippen molar-refractivity contribution in [1.29, 1.82) is 0 Å². The molecule has 0 aromatic carbocycles. The Morgan fingerprint density at radius 2 is 1.16 bits per heavy atom. The number of esters is 2. The van der Waals surface area contributed by atoms with Crippen LogP contribution in [0, 0.1) is 0 Å². The van der Waals surface area contributed by atoms with Crippen molar-refractivity contribution in [3.63, 3.8) is 0 Å². The van der Waals surface area contributed by atoms with Gasteiger partial charge in [0.05, 0.1) is 43.2 Å². The molecule has 2 fully saturated rings. The molecule has 0 heterocycles. The summed E-state index contributed by atoms with van der Waals surface area (Å²) < 4.78 is 37.3. The molecule has 2 aliphatic rings. The van der Waals surface area contributed by atoms with E-state index in [1.165, 1.54) is 0 Å². The van der Waals surface area contributed by atoms with Crippen molar-refractivity contribution >= 4 is 24.8 Å². The highest BCUT2D eigenvalue weighted by atomic mass is 16.6. The maximum atomic E-state index is 12.0. The summed E-state index contributed by atoms with van der Waals surface area (Å²) in [5.74, 6) is -0.652. The number of carbonyl (C=O) groups excluding carboxylic acids is 4. The minimum absolute atomic E-state index is 0.0417. The normalized spacial score (nSPS) is 16.4. The SMILES string of the molecule is CC(C)(C)OC=O.CNC1(C(=O)OCCOC(C)(C)COC(C)(C)COCCOC(=O)C2(NC=O)CC2)CC1.COC(C)(C)C. The zero-order valence-corrected chi connectivity index (χ0v) is 29.7. The third-order valence-corrected chi connectivity index (χ3v) is 6.64. The molecule has 0 atom stereocenters. The number of nitrogens with one attached hydrogen (secondary N) is 2. The van der Waals surface area contributed by atoms with Gasteiger partial charge >= 0.3 is 11.9 Å². The molecular formula is C32H60N2O11. The molecule has 2 rings (SSSR count). The van der Waals surface area contributed by atoms with E-state index in [0.717, 1.165) is 12.8 Å². The fourth-order valence-corrected chi connectivity index (χ4v) is 3.16. The summed E-state index contributed by atoms with van der Waals surface area (Å²) in [5, 5.41) is 5.51. The first-order chi connectivity index (χ1) is 20.6. The van der Waals surface area contributed by atoms with Gasteiger partial charge < -0.3 is 43.8 Å². The number of rotatable bonds is 18. The average Bonchev–Trinajstić information content (AvgIpc) is 3.86. The number of carbonyl (C=O) groups is 4. The van der Waals surface area contributed by atoms with Crippen molar-refractivity contribution in [2.24, 2.45) is 0 Å². The Labute approximate surface area is 270 Å². The van der Waals surface area contributed by atoms with Gasteiger partial charge in [-0.3, -0.25) is 14.4 Å². The number of hydrogen-bond acceptors (Lipinski definition) is 12. The molecule has 0 spiro atoms. The summed E-state index contributed by atoms with van der Waals surface area (Å²) >= 11 is 0. The van der Waals surface area contributed by atoms with Gasteiger partial charge in [-0.2, -0.15) is 0 Å². The van der Waals surface area contributed by atoms with Gasteiger partial charge in [-0.05, 0) is 102 Å². The van der Waals surface area contributed by atoms with Crippen LogP contribution in [-0.2, 0) is 52.3 Å². The largest absolute Gasteiger partial charge is 0.462 e. The Bertz CT molecular complexity index is 900. The third-order valence-electron chi connectivity index (χ3n) is 6.64. The monoisotopic (exact) mass is 648 g/mol. The molecular weight excluding hydrogens is 588 g/mol. The van der Waals surface area contributed by atoms with Gasteiger partial charge in [-0.1, -0.05) is 0 Å². The predicted molar refractivity (Wildman–Crippen MR) is 169 cm³/mol. The zero-order chi connectivity index (χ0) is 35.0. The Balaban J connectivity index is 0.00000124. The molecule has 0 aliphatic heterocycles. The molecule has 0 bridgehead atoms. The quantitative estimate of drug-likeness (QED) is 0.0970. The van der Waals surface area contributed by atoms with Crippen LogP contribution in [0.4, 0.5) is 0 Å². The van der Waals surface area contributed by atoms with E-state index < -0.39 is 28.2 Å². The van der Waals surface area contributed by atoms with E-state index in [0.29, 0.717) is 38.9 Å². The van der Waals surface area contributed by atoms with Gasteiger partial charge in [0.1, 0.15) is 29.9 Å². The van der Waals surface area contributed by atoms with Crippen LogP contribution >= 0.6 is 0 Å². The molecule has 0 unspecified atom stereocenters. The summed E-state index contributed by atoms with van der Waals surface area (Å²) in [6.45, 7) is 21.0. The maximum absolute atomic E-state index is 12.0. The first kappa shape index (κ1) is 42.7. The molecule has 0 aromatic heterocycles. The zero-order valence-electron chi connectivity index (χ0n) is 29.7. The predicted octanol–water partition coefficient (Wildman–Crippen LogP) is 3.10. The molecule has 45 heavy (non-hydrogen) atoms. The topological polar surface area (TPSA) is 157 Å². The van der Waals surface area contributed by atoms with Crippen LogP contribution in [0.3, 0.4) is 0 Å². The molecule has 13 heteroatoms. The molecule has 0 saturated heterocycles. The van der Waals surface area contributed by atoms with Crippen LogP contribution < -0.4 is 10.6 Å². The number of ether oxygens (including phenoxy) is 7. The van der Waals surface area contributed by atoms with Crippen LogP contribution in [0.15, 0.2) is 0 Å². The Morgan fingerprint density at radius 3 is 1.53 bits per heavy atom. The van der Waals surface area contributed by atoms with Crippen molar-refractivity contribution in [2.75, 3.05) is 53.8 Å². The van der Waals surface area contributed by atoms with Crippen LogP contribution in [-0.4, -0.2) is 112 Å². The van der Waals surface area contributed by atoms with Gasteiger partial charge in [-0.15, -0.1) is 0 Å². The molecule has 2 aliphatic carbocycles. The van der Waals surface area contributed by atoms with E-state index in [1.54, 1.807) is 14.2 Å². The smallest absolute Gasteiger partial charge is 0.331 e. The fourth-order valence-electron chi connectivity index (χ4n) is 3.16. The molecule has 13 nitrogen and oxygen atoms in total. The van der Waals surface area contributed by atoms with Gasteiger partial charge in [0.2, 0.25) is 6.41 Å². The van der Waals surface area contributed by atoms with E-state index in [9.17, 15) is 19.2 Å². The first-order valence-corrected chi connectivity index (χ1v) is 15.4. The van der Waals surface area contributed by atoms with E-state index in [1.807, 2.05) is 69.2 Å². The number of hydrogen-bond donors (Lipinski definition) is 2. The number of methoxy groups -OCH3 is 1. The minimum Gasteiger partial charge on any atom is -0.462 e. The first-order valence-electron chi connectivity index (χ1n) is 15.4. The van der Waals surface area contributed by atoms with Crippen molar-refractivity contribution < 1.29 is 52.3 Å². The van der Waals surface area contributed by atoms with Gasteiger partial charge in [0, 0.05) is 7.11 Å². The number of amides is 1. The minimum atomic E-state index is -0.833. The van der Waals surface area contributed by atoms with E-state index >= 15 is 0 Å². The van der Waals surface area contributed by atoms with E-state index in [4.69, 9.17) is 28.4 Å². The highest BCUT2D eigenvalue weighted by Crippen LogP contribution is 2.36. The summed E-state index contributed by atoms with van der Waals surface area (Å²) in [4.78, 5) is 44.1. The lowest BCUT2D eigenvalue weighted by molar-refractivity contribution is -0.159. The fraction of sp³-hybridized carbons (Fsp3) is 0.875. The molecule has 264 valence electrons. The Kier molecular flexibility index (Phi) is 17.8. The molecule has 2 saturated carbocycles. The molecule has 0 radical (unpaired) electrons. The number of likely N-dealkylation sites (N-methyl/N-ethyl adjacent to an activating group) is 1. The van der Waals surface area contributed by atoms with E-state index in [-0.39, 0.29) is 43.6 Å². The average molecular weight is 649 g/mol. The van der Waals surface area contributed by atoms with Crippen molar-refractivity contribution in [3.8, 4) is 0 Å². The van der Waals surface area contributed by atoms with Gasteiger partial charge in [0.15, 0.2) is 0 Å². The van der Waals surface area contributed by atoms with Crippen LogP contribution in [0.1, 0.15) is 94.9 Å². The summed E-state index contributed by atoms with van der Waals surface area (Å²) in [7, 11) is 3.47. The van der Waals surface area contributed by atoms with Crippen molar-refractivity contribution in [1.82, 2.24) is 10.6 Å². The lowest BCUT2D eigenvalue weighted by Gasteiger charge is -2.32. The van der Waals surface area contributed by atoms with Crippen LogP contribution in [0.5, 0.6) is 0 Å². The standard InChI is InChI=1S/C22H38N2O8.C5H10O2.C5H12O/c1-19(2,14-28-10-11-29-18(27)22(8-9-22)24-16-25)32-15-20(3,4)31-13-12-30-17(26)21(23-5)6-7-21;1-5(2,3)7-4-6;1-5(2,3)6-4/h16,23H,6-15H2,1-5H3,(H,24,25);4H,1-3H3;1-4H3. The lowest BCUT2D eigenvalue weighted by atomic mass is 10.1. The lowest BCUT2D eigenvalue weighted by Crippen LogP contribution is -2.41. The van der Waals surface area contributed by atoms with Gasteiger partial charge in [0.25, 0.3) is 6.47 Å². The summed E-state index contributed by atoms with van der Waals surface area (Å²) in [6.07, 6.45) is 3.34. The molecule has 0 aromatic rings. The van der Waals surface area contributed by atoms with Crippen molar-refractivity contribution in [2.45, 2.75) is 128 Å². The Hall–Kier alpha value is -2.32. The second-order valence-corrected chi connectivity index (χ2v) is 14.3. The summed E-state index contributed by atoms with van der Waals surface area (Å²) in [6, 6.07) is 0. The summed E-state index contributed by atoms with van der Waals surface area (Å²) in [5.41, 5.74) is -2.74. The van der Waals surface area contributed by atoms with Crippen LogP contribution in [0.2, 0.25) is 0 Å². The third kappa shape index (κ3) is 19.7. The highest BCUT2D eigenvalue weighted by Gasteiger charge is 2.51. The molecule has 1 amide bonds. The van der Waals surface area contributed by atoms with Gasteiger partial charge in [-0.25, -0.2) is 4.79 Å². The highest BCUT2D eigenvalue weighted by molar-refractivity contribution is 5.86. The maximum Gasteiger partial charge on any atom is 0.331 e. The van der Waals surface area contributed by atoms with E-state index in [2.05, 4.69) is 15.4 Å². The molecule has 2 N–H and O–H groups in total. The second-order valence-electron chi connectivity index (χ2n) is 14.3. The van der Waals surface area contributed by atoms with Crippen molar-refractivity contribution in [3.05, 3.63) is 0 Å². The van der Waals surface area contributed by atoms with Crippen LogP contribution in [0.25, 0.3) is 0 Å². The Morgan fingerprint density at radius 1 is 0.689 bits per heavy atom. The second kappa shape index (κ2) is 18.7.